The fourth-order valence-corrected chi connectivity index (χ4v) is 1.27. The largest absolute Gasteiger partial charge is 0.303 e. The highest BCUT2D eigenvalue weighted by atomic mass is 15.2. The minimum atomic E-state index is 0.931. The third-order valence-corrected chi connectivity index (χ3v) is 2.06. The topological polar surface area (TPSA) is 3.24 Å². The number of likely N-dealkylation sites (tertiary alicyclic amines) is 1. The van der Waals surface area contributed by atoms with Crippen LogP contribution in [0.5, 0.6) is 0 Å². The standard InChI is InChI=1S/C7H15N/c1-3-4-7-5-6-8(7)2/h7H,3-6H2,1-2H3/t7-/m0/s1. The lowest BCUT2D eigenvalue weighted by molar-refractivity contribution is 0.118. The fraction of sp³-hybridized carbons (Fsp3) is 1.00. The van der Waals surface area contributed by atoms with Gasteiger partial charge in [0.1, 0.15) is 0 Å². The van der Waals surface area contributed by atoms with Gasteiger partial charge < -0.3 is 4.90 Å². The second-order valence-electron chi connectivity index (χ2n) is 2.71. The van der Waals surface area contributed by atoms with E-state index in [2.05, 4.69) is 18.9 Å². The molecule has 1 nitrogen and oxygen atoms in total. The van der Waals surface area contributed by atoms with Gasteiger partial charge in [0.15, 0.2) is 0 Å². The zero-order valence-electron chi connectivity index (χ0n) is 5.85. The highest BCUT2D eigenvalue weighted by Crippen LogP contribution is 2.18. The number of hydrogen-bond acceptors (Lipinski definition) is 1. The van der Waals surface area contributed by atoms with Crippen molar-refractivity contribution in [1.82, 2.24) is 4.90 Å². The van der Waals surface area contributed by atoms with Crippen LogP contribution in [-0.2, 0) is 0 Å². The molecule has 0 bridgehead atoms. The molecule has 8 heavy (non-hydrogen) atoms. The van der Waals surface area contributed by atoms with E-state index in [-0.39, 0.29) is 0 Å². The molecule has 0 aliphatic carbocycles. The zero-order chi connectivity index (χ0) is 5.98. The van der Waals surface area contributed by atoms with Crippen molar-refractivity contribution in [2.24, 2.45) is 0 Å². The Kier molecular flexibility index (Phi) is 1.90. The van der Waals surface area contributed by atoms with E-state index < -0.39 is 0 Å². The molecule has 0 aromatic carbocycles. The minimum Gasteiger partial charge on any atom is -0.303 e. The Morgan fingerprint density at radius 3 is 2.50 bits per heavy atom. The van der Waals surface area contributed by atoms with E-state index in [0.29, 0.717) is 0 Å². The first-order valence-electron chi connectivity index (χ1n) is 3.55. The maximum absolute atomic E-state index is 2.43. The van der Waals surface area contributed by atoms with Crippen molar-refractivity contribution in [3.63, 3.8) is 0 Å². The third-order valence-electron chi connectivity index (χ3n) is 2.06. The number of rotatable bonds is 2. The van der Waals surface area contributed by atoms with E-state index in [4.69, 9.17) is 0 Å². The highest BCUT2D eigenvalue weighted by molar-refractivity contribution is 4.78. The van der Waals surface area contributed by atoms with Gasteiger partial charge in [-0.2, -0.15) is 0 Å². The fourth-order valence-electron chi connectivity index (χ4n) is 1.27. The van der Waals surface area contributed by atoms with E-state index >= 15 is 0 Å². The Balaban J connectivity index is 2.08. The molecule has 0 aromatic rings. The molecule has 48 valence electrons. The van der Waals surface area contributed by atoms with Gasteiger partial charge in [0.2, 0.25) is 0 Å². The van der Waals surface area contributed by atoms with Gasteiger partial charge in [-0.25, -0.2) is 0 Å². The maximum Gasteiger partial charge on any atom is 0.0104 e. The van der Waals surface area contributed by atoms with E-state index in [1.165, 1.54) is 25.8 Å². The van der Waals surface area contributed by atoms with Gasteiger partial charge in [-0.3, -0.25) is 0 Å². The van der Waals surface area contributed by atoms with Gasteiger partial charge in [0.25, 0.3) is 0 Å². The van der Waals surface area contributed by atoms with Crippen LogP contribution in [0.1, 0.15) is 26.2 Å². The zero-order valence-corrected chi connectivity index (χ0v) is 5.85. The van der Waals surface area contributed by atoms with Crippen LogP contribution in [0.25, 0.3) is 0 Å². The summed E-state index contributed by atoms with van der Waals surface area (Å²) in [4.78, 5) is 2.43. The van der Waals surface area contributed by atoms with Gasteiger partial charge >= 0.3 is 0 Å². The summed E-state index contributed by atoms with van der Waals surface area (Å²) in [6.45, 7) is 3.58. The lowest BCUT2D eigenvalue weighted by Crippen LogP contribution is -2.44. The summed E-state index contributed by atoms with van der Waals surface area (Å²) in [5.41, 5.74) is 0. The molecule has 0 unspecified atom stereocenters. The molecule has 1 atom stereocenters. The van der Waals surface area contributed by atoms with Gasteiger partial charge in [0, 0.05) is 6.04 Å². The van der Waals surface area contributed by atoms with Crippen LogP contribution in [-0.4, -0.2) is 24.5 Å². The Hall–Kier alpha value is -0.0400. The molecular formula is C7H15N. The van der Waals surface area contributed by atoms with Gasteiger partial charge in [-0.15, -0.1) is 0 Å². The van der Waals surface area contributed by atoms with E-state index in [1.807, 2.05) is 0 Å². The molecular weight excluding hydrogens is 98.1 g/mol. The summed E-state index contributed by atoms with van der Waals surface area (Å²) in [6.07, 6.45) is 4.18. The van der Waals surface area contributed by atoms with Crippen LogP contribution in [0.2, 0.25) is 0 Å². The van der Waals surface area contributed by atoms with Gasteiger partial charge in [-0.05, 0) is 26.4 Å². The predicted molar refractivity (Wildman–Crippen MR) is 35.9 cm³/mol. The molecule has 1 fully saturated rings. The summed E-state index contributed by atoms with van der Waals surface area (Å²) in [6, 6.07) is 0.931. The normalized spacial score (nSPS) is 30.0. The summed E-state index contributed by atoms with van der Waals surface area (Å²) in [5.74, 6) is 0. The van der Waals surface area contributed by atoms with Crippen LogP contribution >= 0.6 is 0 Å². The third kappa shape index (κ3) is 1.03. The van der Waals surface area contributed by atoms with Gasteiger partial charge in [-0.1, -0.05) is 13.3 Å². The second-order valence-corrected chi connectivity index (χ2v) is 2.71. The molecule has 1 rings (SSSR count). The molecule has 0 N–H and O–H groups in total. The van der Waals surface area contributed by atoms with Crippen molar-refractivity contribution in [3.8, 4) is 0 Å². The molecule has 1 aliphatic rings. The maximum atomic E-state index is 2.43. The van der Waals surface area contributed by atoms with E-state index in [1.54, 1.807) is 0 Å². The monoisotopic (exact) mass is 113 g/mol. The molecule has 1 heteroatoms. The highest BCUT2D eigenvalue weighted by Gasteiger charge is 2.21. The molecule has 1 aliphatic heterocycles. The first-order chi connectivity index (χ1) is 3.84. The van der Waals surface area contributed by atoms with E-state index in [0.717, 1.165) is 6.04 Å². The lowest BCUT2D eigenvalue weighted by Gasteiger charge is -2.37. The molecule has 0 aromatic heterocycles. The molecule has 0 saturated carbocycles. The summed E-state index contributed by atoms with van der Waals surface area (Å²) >= 11 is 0. The lowest BCUT2D eigenvalue weighted by atomic mass is 10.00. The summed E-state index contributed by atoms with van der Waals surface area (Å²) in [7, 11) is 2.21. The molecule has 0 radical (unpaired) electrons. The summed E-state index contributed by atoms with van der Waals surface area (Å²) < 4.78 is 0. The average molecular weight is 113 g/mol. The first-order valence-corrected chi connectivity index (χ1v) is 3.55. The van der Waals surface area contributed by atoms with Crippen LogP contribution in [0, 0.1) is 0 Å². The van der Waals surface area contributed by atoms with Gasteiger partial charge in [0.05, 0.1) is 0 Å². The second kappa shape index (κ2) is 2.49. The Morgan fingerprint density at radius 2 is 2.38 bits per heavy atom. The Labute approximate surface area is 51.7 Å². The number of nitrogens with zero attached hydrogens (tertiary/aromatic N) is 1. The minimum absolute atomic E-state index is 0.931. The predicted octanol–water partition coefficient (Wildman–Crippen LogP) is 1.49. The Bertz CT molecular complexity index is 70.8. The quantitative estimate of drug-likeness (QED) is 0.524. The van der Waals surface area contributed by atoms with Crippen molar-refractivity contribution < 1.29 is 0 Å². The van der Waals surface area contributed by atoms with Crippen LogP contribution in [0.3, 0.4) is 0 Å². The van der Waals surface area contributed by atoms with Crippen LogP contribution in [0.15, 0.2) is 0 Å². The van der Waals surface area contributed by atoms with Crippen molar-refractivity contribution in [3.05, 3.63) is 0 Å². The molecule has 1 heterocycles. The molecule has 0 amide bonds. The molecule has 0 spiro atoms. The van der Waals surface area contributed by atoms with Crippen molar-refractivity contribution >= 4 is 0 Å². The SMILES string of the molecule is CCC[C@H]1CCN1C. The van der Waals surface area contributed by atoms with Crippen LogP contribution < -0.4 is 0 Å². The Morgan fingerprint density at radius 1 is 1.62 bits per heavy atom. The first kappa shape index (κ1) is 6.09. The summed E-state index contributed by atoms with van der Waals surface area (Å²) in [5, 5.41) is 0. The van der Waals surface area contributed by atoms with Crippen molar-refractivity contribution in [2.45, 2.75) is 32.2 Å². The van der Waals surface area contributed by atoms with Crippen LogP contribution in [0.4, 0.5) is 0 Å². The number of hydrogen-bond donors (Lipinski definition) is 0. The average Bonchev–Trinajstić information content (AvgIpc) is 1.79. The van der Waals surface area contributed by atoms with Crippen molar-refractivity contribution in [2.75, 3.05) is 13.6 Å². The smallest absolute Gasteiger partial charge is 0.0104 e. The van der Waals surface area contributed by atoms with Crippen molar-refractivity contribution in [1.29, 1.82) is 0 Å². The molecule has 1 saturated heterocycles. The van der Waals surface area contributed by atoms with E-state index in [9.17, 15) is 0 Å².